The highest BCUT2D eigenvalue weighted by Crippen LogP contribution is 2.14. The molecule has 0 bridgehead atoms. The summed E-state index contributed by atoms with van der Waals surface area (Å²) in [6, 6.07) is 13.6. The molecule has 0 aliphatic heterocycles. The van der Waals surface area contributed by atoms with Crippen LogP contribution < -0.4 is 10.1 Å². The van der Waals surface area contributed by atoms with Gasteiger partial charge in [-0.2, -0.15) is 0 Å². The Morgan fingerprint density at radius 3 is 2.41 bits per heavy atom. The molecule has 2 aromatic carbocycles. The molecule has 0 spiro atoms. The number of amides is 1. The van der Waals surface area contributed by atoms with E-state index in [9.17, 15) is 14.4 Å². The summed E-state index contributed by atoms with van der Waals surface area (Å²) in [5, 5.41) is 2.63. The Labute approximate surface area is 157 Å². The Kier molecular flexibility index (Phi) is 6.88. The number of methoxy groups -OCH3 is 1. The van der Waals surface area contributed by atoms with Gasteiger partial charge in [0, 0.05) is 17.3 Å². The van der Waals surface area contributed by atoms with E-state index in [2.05, 4.69) is 5.32 Å². The van der Waals surface area contributed by atoms with Crippen molar-refractivity contribution < 1.29 is 23.9 Å². The lowest BCUT2D eigenvalue weighted by Gasteiger charge is -2.12. The molecule has 2 rings (SSSR count). The van der Waals surface area contributed by atoms with Crippen molar-refractivity contribution in [1.82, 2.24) is 0 Å². The Morgan fingerprint density at radius 1 is 1.07 bits per heavy atom. The SMILES string of the molecule is COc1cccc(/C=C/C(=O)O[C@@H](C)C(=O)Nc2ccc(C(C)=O)cc2)c1. The van der Waals surface area contributed by atoms with E-state index in [1.54, 1.807) is 55.7 Å². The predicted octanol–water partition coefficient (Wildman–Crippen LogP) is 3.48. The van der Waals surface area contributed by atoms with E-state index in [0.29, 0.717) is 17.0 Å². The van der Waals surface area contributed by atoms with Crippen LogP contribution in [0.3, 0.4) is 0 Å². The van der Waals surface area contributed by atoms with Crippen LogP contribution in [0, 0.1) is 0 Å². The van der Waals surface area contributed by atoms with Gasteiger partial charge in [0.15, 0.2) is 11.9 Å². The first-order valence-electron chi connectivity index (χ1n) is 8.33. The Morgan fingerprint density at radius 2 is 1.78 bits per heavy atom. The van der Waals surface area contributed by atoms with Gasteiger partial charge in [-0.05, 0) is 61.9 Å². The number of hydrogen-bond donors (Lipinski definition) is 1. The van der Waals surface area contributed by atoms with Gasteiger partial charge in [0.2, 0.25) is 0 Å². The van der Waals surface area contributed by atoms with Crippen LogP contribution in [0.25, 0.3) is 6.08 Å². The second-order valence-electron chi connectivity index (χ2n) is 5.81. The molecule has 0 aliphatic rings. The average Bonchev–Trinajstić information content (AvgIpc) is 2.66. The van der Waals surface area contributed by atoms with Crippen molar-refractivity contribution in [2.75, 3.05) is 12.4 Å². The molecular formula is C21H21NO5. The van der Waals surface area contributed by atoms with E-state index in [-0.39, 0.29) is 5.78 Å². The molecule has 27 heavy (non-hydrogen) atoms. The Balaban J connectivity index is 1.89. The molecule has 0 saturated carbocycles. The van der Waals surface area contributed by atoms with Gasteiger partial charge in [-0.15, -0.1) is 0 Å². The summed E-state index contributed by atoms with van der Waals surface area (Å²) >= 11 is 0. The van der Waals surface area contributed by atoms with Gasteiger partial charge in [-0.1, -0.05) is 12.1 Å². The molecule has 0 saturated heterocycles. The number of carbonyl (C=O) groups excluding carboxylic acids is 3. The first-order chi connectivity index (χ1) is 12.9. The molecule has 2 aromatic rings. The van der Waals surface area contributed by atoms with Crippen molar-refractivity contribution in [1.29, 1.82) is 0 Å². The fourth-order valence-electron chi connectivity index (χ4n) is 2.21. The lowest BCUT2D eigenvalue weighted by atomic mass is 10.1. The molecule has 1 atom stereocenters. The first-order valence-corrected chi connectivity index (χ1v) is 8.33. The first kappa shape index (κ1) is 19.9. The van der Waals surface area contributed by atoms with Crippen LogP contribution >= 0.6 is 0 Å². The maximum Gasteiger partial charge on any atom is 0.331 e. The number of esters is 1. The van der Waals surface area contributed by atoms with Crippen molar-refractivity contribution in [3.05, 3.63) is 65.7 Å². The quantitative estimate of drug-likeness (QED) is 0.460. The standard InChI is InChI=1S/C21H21NO5/c1-14(23)17-8-10-18(11-9-17)22-21(25)15(2)27-20(24)12-7-16-5-4-6-19(13-16)26-3/h4-13,15H,1-3H3,(H,22,25)/b12-7+/t15-/m0/s1. The van der Waals surface area contributed by atoms with Crippen LogP contribution in [-0.2, 0) is 14.3 Å². The largest absolute Gasteiger partial charge is 0.497 e. The molecule has 0 aliphatic carbocycles. The average molecular weight is 367 g/mol. The monoisotopic (exact) mass is 367 g/mol. The van der Waals surface area contributed by atoms with E-state index in [1.165, 1.54) is 19.9 Å². The highest BCUT2D eigenvalue weighted by atomic mass is 16.5. The second kappa shape index (κ2) is 9.33. The van der Waals surface area contributed by atoms with Gasteiger partial charge < -0.3 is 14.8 Å². The molecule has 0 radical (unpaired) electrons. The topological polar surface area (TPSA) is 81.7 Å². The lowest BCUT2D eigenvalue weighted by molar-refractivity contribution is -0.148. The zero-order valence-electron chi connectivity index (χ0n) is 15.4. The zero-order valence-corrected chi connectivity index (χ0v) is 15.4. The van der Waals surface area contributed by atoms with Crippen molar-refractivity contribution in [3.8, 4) is 5.75 Å². The minimum Gasteiger partial charge on any atom is -0.497 e. The molecule has 6 nitrogen and oxygen atoms in total. The molecule has 0 unspecified atom stereocenters. The maximum atomic E-state index is 12.1. The molecule has 0 aromatic heterocycles. The predicted molar refractivity (Wildman–Crippen MR) is 103 cm³/mol. The molecule has 0 heterocycles. The fourth-order valence-corrected chi connectivity index (χ4v) is 2.21. The molecule has 1 amide bonds. The number of nitrogens with one attached hydrogen (secondary N) is 1. The highest BCUT2D eigenvalue weighted by Gasteiger charge is 2.16. The van der Waals surface area contributed by atoms with Crippen LogP contribution in [0.5, 0.6) is 5.75 Å². The normalized spacial score (nSPS) is 11.7. The van der Waals surface area contributed by atoms with E-state index < -0.39 is 18.0 Å². The Hall–Kier alpha value is -3.41. The van der Waals surface area contributed by atoms with Crippen LogP contribution in [-0.4, -0.2) is 30.9 Å². The lowest BCUT2D eigenvalue weighted by Crippen LogP contribution is -2.29. The number of rotatable bonds is 7. The third-order valence-corrected chi connectivity index (χ3v) is 3.73. The third kappa shape index (κ3) is 6.11. The van der Waals surface area contributed by atoms with Crippen LogP contribution in [0.15, 0.2) is 54.6 Å². The summed E-state index contributed by atoms with van der Waals surface area (Å²) < 4.78 is 10.2. The van der Waals surface area contributed by atoms with Gasteiger partial charge >= 0.3 is 5.97 Å². The van der Waals surface area contributed by atoms with Gasteiger partial charge in [0.05, 0.1) is 7.11 Å². The van der Waals surface area contributed by atoms with Crippen LogP contribution in [0.4, 0.5) is 5.69 Å². The van der Waals surface area contributed by atoms with E-state index in [0.717, 1.165) is 5.56 Å². The van der Waals surface area contributed by atoms with Crippen molar-refractivity contribution in [2.45, 2.75) is 20.0 Å². The number of hydrogen-bond acceptors (Lipinski definition) is 5. The summed E-state index contributed by atoms with van der Waals surface area (Å²) in [5.74, 6) is -0.479. The van der Waals surface area contributed by atoms with Gasteiger partial charge in [0.25, 0.3) is 5.91 Å². The van der Waals surface area contributed by atoms with E-state index >= 15 is 0 Å². The summed E-state index contributed by atoms with van der Waals surface area (Å²) in [7, 11) is 1.56. The zero-order chi connectivity index (χ0) is 19.8. The summed E-state index contributed by atoms with van der Waals surface area (Å²) in [6.07, 6.45) is 1.86. The summed E-state index contributed by atoms with van der Waals surface area (Å²) in [5.41, 5.74) is 1.84. The highest BCUT2D eigenvalue weighted by molar-refractivity contribution is 5.98. The number of Topliss-reactive ketones (excluding diaryl/α,β-unsaturated/α-hetero) is 1. The summed E-state index contributed by atoms with van der Waals surface area (Å²) in [4.78, 5) is 35.3. The Bertz CT molecular complexity index is 855. The van der Waals surface area contributed by atoms with Crippen molar-refractivity contribution in [2.24, 2.45) is 0 Å². The van der Waals surface area contributed by atoms with Crippen LogP contribution in [0.2, 0.25) is 0 Å². The fraction of sp³-hybridized carbons (Fsp3) is 0.190. The van der Waals surface area contributed by atoms with Crippen molar-refractivity contribution in [3.63, 3.8) is 0 Å². The number of ketones is 1. The number of carbonyl (C=O) groups is 3. The molecule has 6 heteroatoms. The van der Waals surface area contributed by atoms with Gasteiger partial charge in [-0.3, -0.25) is 9.59 Å². The number of benzene rings is 2. The van der Waals surface area contributed by atoms with E-state index in [1.807, 2.05) is 6.07 Å². The minimum absolute atomic E-state index is 0.0574. The molecular weight excluding hydrogens is 346 g/mol. The smallest absolute Gasteiger partial charge is 0.331 e. The molecule has 0 fully saturated rings. The molecule has 1 N–H and O–H groups in total. The minimum atomic E-state index is -0.972. The number of anilines is 1. The third-order valence-electron chi connectivity index (χ3n) is 3.73. The van der Waals surface area contributed by atoms with Gasteiger partial charge in [0.1, 0.15) is 5.75 Å². The molecule has 140 valence electrons. The summed E-state index contributed by atoms with van der Waals surface area (Å²) in [6.45, 7) is 2.95. The maximum absolute atomic E-state index is 12.1. The van der Waals surface area contributed by atoms with Crippen molar-refractivity contribution >= 4 is 29.4 Å². The van der Waals surface area contributed by atoms with Gasteiger partial charge in [-0.25, -0.2) is 4.79 Å². The second-order valence-corrected chi connectivity index (χ2v) is 5.81. The van der Waals surface area contributed by atoms with Crippen LogP contribution in [0.1, 0.15) is 29.8 Å². The van der Waals surface area contributed by atoms with E-state index in [4.69, 9.17) is 9.47 Å². The number of ether oxygens (including phenoxy) is 2.